The highest BCUT2D eigenvalue weighted by atomic mass is 16.7. The Balaban J connectivity index is 2.91. The number of nitrogens with two attached hydrogens (primary N) is 1. The highest BCUT2D eigenvalue weighted by molar-refractivity contribution is 5.79. The van der Waals surface area contributed by atoms with Crippen LogP contribution in [0, 0.1) is 17.8 Å². The molecule has 0 spiro atoms. The Kier molecular flexibility index (Phi) is 14.0. The van der Waals surface area contributed by atoms with Gasteiger partial charge < -0.3 is 29.4 Å². The van der Waals surface area contributed by atoms with Gasteiger partial charge in [-0.3, -0.25) is 14.4 Å². The van der Waals surface area contributed by atoms with Crippen LogP contribution in [-0.2, 0) is 35.0 Å². The summed E-state index contributed by atoms with van der Waals surface area (Å²) in [7, 11) is 0. The van der Waals surface area contributed by atoms with E-state index in [1.807, 2.05) is 27.7 Å². The van der Waals surface area contributed by atoms with E-state index in [1.165, 1.54) is 12.1 Å². The van der Waals surface area contributed by atoms with E-state index in [9.17, 15) is 19.2 Å². The summed E-state index contributed by atoms with van der Waals surface area (Å²) in [5.74, 6) is -2.01. The monoisotopic (exact) mass is 551 g/mol. The molecule has 1 aromatic rings. The molecule has 3 unspecified atom stereocenters. The van der Waals surface area contributed by atoms with Gasteiger partial charge >= 0.3 is 24.1 Å². The molecule has 0 fully saturated rings. The average molecular weight is 552 g/mol. The Labute approximate surface area is 231 Å². The highest BCUT2D eigenvalue weighted by Crippen LogP contribution is 2.31. The second kappa shape index (κ2) is 16.1. The Morgan fingerprint density at radius 3 is 1.69 bits per heavy atom. The second-order valence-electron chi connectivity index (χ2n) is 10.3. The van der Waals surface area contributed by atoms with E-state index in [-0.39, 0.29) is 41.8 Å². The second-order valence-corrected chi connectivity index (χ2v) is 10.3. The third-order valence-corrected chi connectivity index (χ3v) is 6.68. The van der Waals surface area contributed by atoms with Crippen molar-refractivity contribution < 1.29 is 42.9 Å². The third-order valence-electron chi connectivity index (χ3n) is 6.68. The van der Waals surface area contributed by atoms with Crippen LogP contribution in [0.2, 0.25) is 0 Å². The van der Waals surface area contributed by atoms with Gasteiger partial charge in [-0.1, -0.05) is 47.6 Å². The molecule has 10 heteroatoms. The number of benzene rings is 1. The fraction of sp³-hybridized carbons (Fsp3) is 0.655. The standard InChI is InChI=1S/C29H45NO9/c1-10-17(5)26(31)38-24-13-12-22(15-25(24)39-27(32)18(6)11-2)14-23(30)28(33)35-20(8)21(9)37-29(34)36-19(7)16(3)4/h12-13,15-21,23H,10-11,14,30H2,1-9H3/t17?,18?,19?,20-,21-,23-/m0/s1. The lowest BCUT2D eigenvalue weighted by atomic mass is 10.1. The molecule has 0 aliphatic carbocycles. The molecule has 220 valence electrons. The van der Waals surface area contributed by atoms with Gasteiger partial charge in [0.25, 0.3) is 0 Å². The molecular formula is C29H45NO9. The van der Waals surface area contributed by atoms with E-state index in [0.29, 0.717) is 18.4 Å². The van der Waals surface area contributed by atoms with Crippen LogP contribution in [0.15, 0.2) is 18.2 Å². The van der Waals surface area contributed by atoms with Gasteiger partial charge in [0.2, 0.25) is 0 Å². The van der Waals surface area contributed by atoms with Gasteiger partial charge in [0, 0.05) is 0 Å². The molecule has 0 bridgehead atoms. The average Bonchev–Trinajstić information content (AvgIpc) is 2.88. The molecule has 0 amide bonds. The zero-order valence-electron chi connectivity index (χ0n) is 24.6. The van der Waals surface area contributed by atoms with Crippen molar-refractivity contribution in [2.24, 2.45) is 23.5 Å². The van der Waals surface area contributed by atoms with Crippen LogP contribution in [0.4, 0.5) is 4.79 Å². The van der Waals surface area contributed by atoms with Crippen molar-refractivity contribution >= 4 is 24.1 Å². The van der Waals surface area contributed by atoms with E-state index in [1.54, 1.807) is 40.7 Å². The molecule has 2 N–H and O–H groups in total. The lowest BCUT2D eigenvalue weighted by molar-refractivity contribution is -0.156. The van der Waals surface area contributed by atoms with Crippen LogP contribution in [0.3, 0.4) is 0 Å². The summed E-state index contributed by atoms with van der Waals surface area (Å²) in [6.45, 7) is 16.0. The summed E-state index contributed by atoms with van der Waals surface area (Å²) >= 11 is 0. The molecule has 1 aromatic carbocycles. The van der Waals surface area contributed by atoms with E-state index in [4.69, 9.17) is 29.4 Å². The highest BCUT2D eigenvalue weighted by Gasteiger charge is 2.26. The van der Waals surface area contributed by atoms with Crippen LogP contribution in [0.1, 0.15) is 80.7 Å². The number of carbonyl (C=O) groups excluding carboxylic acids is 4. The van der Waals surface area contributed by atoms with Gasteiger partial charge in [-0.2, -0.15) is 0 Å². The number of carbonyl (C=O) groups is 4. The molecule has 0 aromatic heterocycles. The van der Waals surface area contributed by atoms with Crippen molar-refractivity contribution in [2.75, 3.05) is 0 Å². The van der Waals surface area contributed by atoms with Crippen molar-refractivity contribution in [2.45, 2.75) is 106 Å². The van der Waals surface area contributed by atoms with Crippen molar-refractivity contribution in [1.82, 2.24) is 0 Å². The van der Waals surface area contributed by atoms with Crippen LogP contribution in [-0.4, -0.2) is 48.4 Å². The first-order valence-corrected chi connectivity index (χ1v) is 13.6. The predicted molar refractivity (Wildman–Crippen MR) is 145 cm³/mol. The third kappa shape index (κ3) is 11.2. The number of hydrogen-bond donors (Lipinski definition) is 1. The smallest absolute Gasteiger partial charge is 0.458 e. The number of hydrogen-bond acceptors (Lipinski definition) is 10. The minimum absolute atomic E-state index is 0.0577. The van der Waals surface area contributed by atoms with Crippen molar-refractivity contribution in [1.29, 1.82) is 0 Å². The number of ether oxygens (including phenoxy) is 5. The Morgan fingerprint density at radius 1 is 0.692 bits per heavy atom. The van der Waals surface area contributed by atoms with Crippen LogP contribution in [0.25, 0.3) is 0 Å². The maximum atomic E-state index is 12.7. The van der Waals surface area contributed by atoms with Crippen molar-refractivity contribution in [3.05, 3.63) is 23.8 Å². The molecule has 0 saturated heterocycles. The predicted octanol–water partition coefficient (Wildman–Crippen LogP) is 4.98. The summed E-state index contributed by atoms with van der Waals surface area (Å²) in [6.07, 6.45) is -1.48. The summed E-state index contributed by atoms with van der Waals surface area (Å²) in [6, 6.07) is 3.61. The topological polar surface area (TPSA) is 140 Å². The molecule has 0 aliphatic heterocycles. The lowest BCUT2D eigenvalue weighted by Crippen LogP contribution is -2.39. The van der Waals surface area contributed by atoms with Crippen LogP contribution >= 0.6 is 0 Å². The lowest BCUT2D eigenvalue weighted by Gasteiger charge is -2.23. The molecule has 0 radical (unpaired) electrons. The molecule has 1 rings (SSSR count). The van der Waals surface area contributed by atoms with Gasteiger partial charge in [-0.15, -0.1) is 0 Å². The fourth-order valence-corrected chi connectivity index (χ4v) is 2.86. The van der Waals surface area contributed by atoms with Gasteiger partial charge in [0.15, 0.2) is 11.5 Å². The van der Waals surface area contributed by atoms with Gasteiger partial charge in [-0.25, -0.2) is 4.79 Å². The normalized spacial score (nSPS) is 15.8. The van der Waals surface area contributed by atoms with Crippen molar-refractivity contribution in [3.63, 3.8) is 0 Å². The van der Waals surface area contributed by atoms with Gasteiger partial charge in [0.05, 0.1) is 11.8 Å². The first-order chi connectivity index (χ1) is 18.2. The minimum Gasteiger partial charge on any atom is -0.458 e. The SMILES string of the molecule is CCC(C)C(=O)Oc1ccc(C[C@H](N)C(=O)O[C@@H](C)[C@H](C)OC(=O)OC(C)C(C)C)cc1OC(=O)C(C)CC. The molecule has 0 aliphatic rings. The van der Waals surface area contributed by atoms with E-state index >= 15 is 0 Å². The molecule has 10 nitrogen and oxygen atoms in total. The zero-order chi connectivity index (χ0) is 29.9. The molecule has 0 saturated carbocycles. The quantitative estimate of drug-likeness (QED) is 0.249. The van der Waals surface area contributed by atoms with Crippen molar-refractivity contribution in [3.8, 4) is 11.5 Å². The molecule has 6 atom stereocenters. The number of rotatable bonds is 14. The summed E-state index contributed by atoms with van der Waals surface area (Å²) < 4.78 is 26.8. The van der Waals surface area contributed by atoms with E-state index in [0.717, 1.165) is 0 Å². The fourth-order valence-electron chi connectivity index (χ4n) is 2.86. The van der Waals surface area contributed by atoms with Gasteiger partial charge in [0.1, 0.15) is 24.4 Å². The first kappa shape index (κ1) is 33.9. The Hall–Kier alpha value is -3.14. The zero-order valence-corrected chi connectivity index (χ0v) is 24.6. The summed E-state index contributed by atoms with van der Waals surface area (Å²) in [5.41, 5.74) is 6.66. The molecular weight excluding hydrogens is 506 g/mol. The Morgan fingerprint density at radius 2 is 1.18 bits per heavy atom. The molecule has 39 heavy (non-hydrogen) atoms. The van der Waals surface area contributed by atoms with E-state index < -0.39 is 42.3 Å². The Bertz CT molecular complexity index is 978. The molecule has 0 heterocycles. The van der Waals surface area contributed by atoms with Crippen LogP contribution in [0.5, 0.6) is 11.5 Å². The van der Waals surface area contributed by atoms with Gasteiger partial charge in [-0.05, 0) is 63.6 Å². The minimum atomic E-state index is -1.06. The van der Waals surface area contributed by atoms with Crippen LogP contribution < -0.4 is 15.2 Å². The maximum Gasteiger partial charge on any atom is 0.508 e. The summed E-state index contributed by atoms with van der Waals surface area (Å²) in [4.78, 5) is 49.4. The summed E-state index contributed by atoms with van der Waals surface area (Å²) in [5, 5.41) is 0. The largest absolute Gasteiger partial charge is 0.508 e. The van der Waals surface area contributed by atoms with E-state index in [2.05, 4.69) is 0 Å². The first-order valence-electron chi connectivity index (χ1n) is 13.6. The number of esters is 3. The maximum absolute atomic E-state index is 12.7.